The molecule has 108 valence electrons. The SMILES string of the molecule is COc1ccc(C=CC(=O)O)c(C)c1-c1ccccc1C. The molecule has 1 N–H and O–H groups in total. The number of aliphatic carboxylic acids is 1. The topological polar surface area (TPSA) is 46.5 Å². The van der Waals surface area contributed by atoms with Crippen LogP contribution < -0.4 is 4.74 Å². The van der Waals surface area contributed by atoms with Gasteiger partial charge in [0.2, 0.25) is 0 Å². The van der Waals surface area contributed by atoms with E-state index in [4.69, 9.17) is 9.84 Å². The largest absolute Gasteiger partial charge is 0.496 e. The fourth-order valence-corrected chi connectivity index (χ4v) is 2.40. The summed E-state index contributed by atoms with van der Waals surface area (Å²) in [7, 11) is 1.64. The van der Waals surface area contributed by atoms with Crippen LogP contribution in [0.3, 0.4) is 0 Å². The van der Waals surface area contributed by atoms with Crippen molar-refractivity contribution in [1.82, 2.24) is 0 Å². The Kier molecular flexibility index (Phi) is 4.43. The van der Waals surface area contributed by atoms with Crippen LogP contribution in [0.25, 0.3) is 17.2 Å². The van der Waals surface area contributed by atoms with Crippen molar-refractivity contribution in [3.63, 3.8) is 0 Å². The standard InChI is InChI=1S/C18H18O3/c1-12-6-4-5-7-15(12)18-13(2)14(9-11-17(19)20)8-10-16(18)21-3/h4-11H,1-3H3,(H,19,20). The highest BCUT2D eigenvalue weighted by Crippen LogP contribution is 2.37. The molecule has 2 aromatic carbocycles. The van der Waals surface area contributed by atoms with E-state index in [0.717, 1.165) is 39.6 Å². The summed E-state index contributed by atoms with van der Waals surface area (Å²) in [6.45, 7) is 4.03. The van der Waals surface area contributed by atoms with Gasteiger partial charge in [-0.1, -0.05) is 30.3 Å². The summed E-state index contributed by atoms with van der Waals surface area (Å²) in [5.41, 5.74) is 5.12. The molecule has 2 aromatic rings. The van der Waals surface area contributed by atoms with Crippen LogP contribution >= 0.6 is 0 Å². The van der Waals surface area contributed by atoms with Gasteiger partial charge in [-0.15, -0.1) is 0 Å². The molecule has 0 unspecified atom stereocenters. The lowest BCUT2D eigenvalue weighted by Crippen LogP contribution is -1.95. The molecule has 3 nitrogen and oxygen atoms in total. The maximum absolute atomic E-state index is 10.7. The highest BCUT2D eigenvalue weighted by Gasteiger charge is 2.13. The molecule has 3 heteroatoms. The molecule has 0 saturated carbocycles. The van der Waals surface area contributed by atoms with Crippen molar-refractivity contribution in [2.45, 2.75) is 13.8 Å². The van der Waals surface area contributed by atoms with E-state index in [1.165, 1.54) is 0 Å². The van der Waals surface area contributed by atoms with Crippen LogP contribution in [-0.4, -0.2) is 18.2 Å². The average Bonchev–Trinajstić information content (AvgIpc) is 2.46. The van der Waals surface area contributed by atoms with Crippen LogP contribution in [-0.2, 0) is 4.79 Å². The zero-order valence-corrected chi connectivity index (χ0v) is 12.4. The number of carboxylic acid groups (broad SMARTS) is 1. The first-order valence-corrected chi connectivity index (χ1v) is 6.69. The Morgan fingerprint density at radius 3 is 2.48 bits per heavy atom. The van der Waals surface area contributed by atoms with Crippen molar-refractivity contribution < 1.29 is 14.6 Å². The summed E-state index contributed by atoms with van der Waals surface area (Å²) in [6, 6.07) is 11.8. The molecule has 2 rings (SSSR count). The van der Waals surface area contributed by atoms with Gasteiger partial charge < -0.3 is 9.84 Å². The molecule has 0 aliphatic carbocycles. The lowest BCUT2D eigenvalue weighted by atomic mass is 9.92. The van der Waals surface area contributed by atoms with Crippen molar-refractivity contribution in [2.24, 2.45) is 0 Å². The van der Waals surface area contributed by atoms with E-state index in [2.05, 4.69) is 0 Å². The molecule has 0 heterocycles. The van der Waals surface area contributed by atoms with Crippen molar-refractivity contribution in [3.8, 4) is 16.9 Å². The van der Waals surface area contributed by atoms with Gasteiger partial charge in [0.05, 0.1) is 7.11 Å². The second kappa shape index (κ2) is 6.27. The van der Waals surface area contributed by atoms with E-state index in [0.29, 0.717) is 0 Å². The van der Waals surface area contributed by atoms with E-state index in [9.17, 15) is 4.79 Å². The van der Waals surface area contributed by atoms with Crippen LogP contribution in [0, 0.1) is 13.8 Å². The Labute approximate surface area is 124 Å². The number of methoxy groups -OCH3 is 1. The lowest BCUT2D eigenvalue weighted by molar-refractivity contribution is -0.131. The molecule has 0 aromatic heterocycles. The molecule has 0 aliphatic heterocycles. The fourth-order valence-electron chi connectivity index (χ4n) is 2.40. The fraction of sp³-hybridized carbons (Fsp3) is 0.167. The molecule has 0 bridgehead atoms. The van der Waals surface area contributed by atoms with Crippen LogP contribution in [0.5, 0.6) is 5.75 Å². The van der Waals surface area contributed by atoms with Crippen LogP contribution in [0.15, 0.2) is 42.5 Å². The maximum Gasteiger partial charge on any atom is 0.328 e. The first kappa shape index (κ1) is 14.9. The van der Waals surface area contributed by atoms with Gasteiger partial charge in [-0.05, 0) is 48.2 Å². The number of aryl methyl sites for hydroxylation is 1. The van der Waals surface area contributed by atoms with E-state index >= 15 is 0 Å². The summed E-state index contributed by atoms with van der Waals surface area (Å²) >= 11 is 0. The van der Waals surface area contributed by atoms with E-state index < -0.39 is 5.97 Å². The number of carbonyl (C=O) groups is 1. The van der Waals surface area contributed by atoms with Gasteiger partial charge in [-0.3, -0.25) is 0 Å². The summed E-state index contributed by atoms with van der Waals surface area (Å²) in [6.07, 6.45) is 2.76. The third-order valence-electron chi connectivity index (χ3n) is 3.51. The van der Waals surface area contributed by atoms with Gasteiger partial charge in [0, 0.05) is 11.6 Å². The Bertz CT molecular complexity index is 700. The van der Waals surface area contributed by atoms with Crippen molar-refractivity contribution in [3.05, 3.63) is 59.2 Å². The molecule has 0 fully saturated rings. The Hall–Kier alpha value is -2.55. The molecule has 0 atom stereocenters. The highest BCUT2D eigenvalue weighted by atomic mass is 16.5. The minimum atomic E-state index is -0.956. The highest BCUT2D eigenvalue weighted by molar-refractivity contribution is 5.87. The minimum absolute atomic E-state index is 0.786. The van der Waals surface area contributed by atoms with Gasteiger partial charge in [0.1, 0.15) is 5.75 Å². The summed E-state index contributed by atoms with van der Waals surface area (Å²) in [5.74, 6) is -0.170. The number of hydrogen-bond donors (Lipinski definition) is 1. The predicted molar refractivity (Wildman–Crippen MR) is 84.6 cm³/mol. The Morgan fingerprint density at radius 1 is 1.14 bits per heavy atom. The average molecular weight is 282 g/mol. The lowest BCUT2D eigenvalue weighted by Gasteiger charge is -2.16. The molecule has 0 aliphatic rings. The Balaban J connectivity index is 2.66. The Morgan fingerprint density at radius 2 is 1.86 bits per heavy atom. The van der Waals surface area contributed by atoms with Gasteiger partial charge in [0.25, 0.3) is 0 Å². The second-order valence-corrected chi connectivity index (χ2v) is 4.84. The maximum atomic E-state index is 10.7. The van der Waals surface area contributed by atoms with E-state index in [1.807, 2.05) is 50.2 Å². The quantitative estimate of drug-likeness (QED) is 0.860. The molecular weight excluding hydrogens is 264 g/mol. The molecule has 0 spiro atoms. The second-order valence-electron chi connectivity index (χ2n) is 4.84. The molecule has 0 saturated heterocycles. The van der Waals surface area contributed by atoms with Crippen molar-refractivity contribution >= 4 is 12.0 Å². The van der Waals surface area contributed by atoms with Gasteiger partial charge in [-0.2, -0.15) is 0 Å². The van der Waals surface area contributed by atoms with E-state index in [1.54, 1.807) is 13.2 Å². The predicted octanol–water partition coefficient (Wildman–Crippen LogP) is 4.08. The summed E-state index contributed by atoms with van der Waals surface area (Å²) < 4.78 is 5.48. The summed E-state index contributed by atoms with van der Waals surface area (Å²) in [5, 5.41) is 8.79. The van der Waals surface area contributed by atoms with Gasteiger partial charge in [0.15, 0.2) is 0 Å². The number of hydrogen-bond acceptors (Lipinski definition) is 2. The summed E-state index contributed by atoms with van der Waals surface area (Å²) in [4.78, 5) is 10.7. The smallest absolute Gasteiger partial charge is 0.328 e. The van der Waals surface area contributed by atoms with E-state index in [-0.39, 0.29) is 0 Å². The number of ether oxygens (including phenoxy) is 1. The molecule has 0 radical (unpaired) electrons. The number of benzene rings is 2. The third kappa shape index (κ3) is 3.14. The first-order chi connectivity index (χ1) is 10.0. The zero-order chi connectivity index (χ0) is 15.4. The van der Waals surface area contributed by atoms with Gasteiger partial charge in [-0.25, -0.2) is 4.79 Å². The zero-order valence-electron chi connectivity index (χ0n) is 12.4. The monoisotopic (exact) mass is 282 g/mol. The molecule has 21 heavy (non-hydrogen) atoms. The third-order valence-corrected chi connectivity index (χ3v) is 3.51. The molecule has 0 amide bonds. The minimum Gasteiger partial charge on any atom is -0.496 e. The number of carboxylic acids is 1. The van der Waals surface area contributed by atoms with Crippen molar-refractivity contribution in [1.29, 1.82) is 0 Å². The normalized spacial score (nSPS) is 10.8. The first-order valence-electron chi connectivity index (χ1n) is 6.69. The molecular formula is C18H18O3. The van der Waals surface area contributed by atoms with Crippen LogP contribution in [0.2, 0.25) is 0 Å². The van der Waals surface area contributed by atoms with Crippen LogP contribution in [0.4, 0.5) is 0 Å². The van der Waals surface area contributed by atoms with Gasteiger partial charge >= 0.3 is 5.97 Å². The number of rotatable bonds is 4. The van der Waals surface area contributed by atoms with Crippen LogP contribution in [0.1, 0.15) is 16.7 Å². The van der Waals surface area contributed by atoms with Crippen molar-refractivity contribution in [2.75, 3.05) is 7.11 Å².